The predicted molar refractivity (Wildman–Crippen MR) is 111 cm³/mol. The number of benzene rings is 3. The molecular formula is C22H15BrN2O3. The molecule has 0 aliphatic rings. The van der Waals surface area contributed by atoms with E-state index in [9.17, 15) is 15.4 Å². The van der Waals surface area contributed by atoms with Gasteiger partial charge in [0.15, 0.2) is 0 Å². The lowest BCUT2D eigenvalue weighted by atomic mass is 10.0. The second kappa shape index (κ2) is 8.98. The van der Waals surface area contributed by atoms with Gasteiger partial charge >= 0.3 is 0 Å². The van der Waals surface area contributed by atoms with Crippen molar-refractivity contribution in [2.45, 2.75) is 6.61 Å². The molecule has 0 aromatic heterocycles. The highest BCUT2D eigenvalue weighted by Crippen LogP contribution is 2.29. The molecule has 5 nitrogen and oxygen atoms in total. The van der Waals surface area contributed by atoms with Crippen LogP contribution in [0.2, 0.25) is 0 Å². The molecule has 138 valence electrons. The Morgan fingerprint density at radius 2 is 1.89 bits per heavy atom. The maximum Gasteiger partial charge on any atom is 0.270 e. The van der Waals surface area contributed by atoms with E-state index in [4.69, 9.17) is 4.74 Å². The molecule has 28 heavy (non-hydrogen) atoms. The van der Waals surface area contributed by atoms with Crippen LogP contribution in [-0.4, -0.2) is 4.92 Å². The van der Waals surface area contributed by atoms with Crippen LogP contribution in [0.15, 0.2) is 77.3 Å². The minimum absolute atomic E-state index is 0.0616. The summed E-state index contributed by atoms with van der Waals surface area (Å²) < 4.78 is 6.77. The lowest BCUT2D eigenvalue weighted by Crippen LogP contribution is -1.97. The van der Waals surface area contributed by atoms with Crippen molar-refractivity contribution < 1.29 is 9.66 Å². The largest absolute Gasteiger partial charge is 0.488 e. The molecule has 0 radical (unpaired) electrons. The van der Waals surface area contributed by atoms with Gasteiger partial charge in [0, 0.05) is 22.2 Å². The molecule has 0 amide bonds. The molecule has 0 saturated carbocycles. The zero-order valence-electron chi connectivity index (χ0n) is 14.7. The van der Waals surface area contributed by atoms with E-state index in [2.05, 4.69) is 22.0 Å². The molecule has 0 spiro atoms. The van der Waals surface area contributed by atoms with Crippen LogP contribution >= 0.6 is 15.9 Å². The molecular weight excluding hydrogens is 420 g/mol. The third-order valence-electron chi connectivity index (χ3n) is 4.00. The first-order chi connectivity index (χ1) is 13.6. The van der Waals surface area contributed by atoms with Gasteiger partial charge in [-0.15, -0.1) is 0 Å². The molecule has 0 unspecified atom stereocenters. The standard InChI is InChI=1S/C22H15BrN2O3/c23-20-9-10-22(28-15-16-5-2-1-3-6-16)18(12-20)11-19(14-24)17-7-4-8-21(13-17)25(26)27/h1-13H,15H2/b19-11-. The third kappa shape index (κ3) is 4.84. The number of nitrogens with zero attached hydrogens (tertiary/aromatic N) is 2. The van der Waals surface area contributed by atoms with Crippen LogP contribution in [-0.2, 0) is 6.61 Å². The molecule has 0 aliphatic heterocycles. The zero-order chi connectivity index (χ0) is 19.9. The fraction of sp³-hybridized carbons (Fsp3) is 0.0455. The van der Waals surface area contributed by atoms with Gasteiger partial charge in [-0.1, -0.05) is 58.4 Å². The summed E-state index contributed by atoms with van der Waals surface area (Å²) in [5, 5.41) is 20.6. The van der Waals surface area contributed by atoms with E-state index in [1.54, 1.807) is 18.2 Å². The van der Waals surface area contributed by atoms with Crippen LogP contribution in [0.25, 0.3) is 11.6 Å². The van der Waals surface area contributed by atoms with Crippen LogP contribution in [0.3, 0.4) is 0 Å². The van der Waals surface area contributed by atoms with Crippen molar-refractivity contribution in [2.24, 2.45) is 0 Å². The normalized spacial score (nSPS) is 10.9. The Labute approximate surface area is 170 Å². The molecule has 0 bridgehead atoms. The highest BCUT2D eigenvalue weighted by atomic mass is 79.9. The lowest BCUT2D eigenvalue weighted by Gasteiger charge is -2.11. The Kier molecular flexibility index (Phi) is 6.20. The first kappa shape index (κ1) is 19.3. The highest BCUT2D eigenvalue weighted by molar-refractivity contribution is 9.10. The molecule has 0 fully saturated rings. The summed E-state index contributed by atoms with van der Waals surface area (Å²) >= 11 is 3.43. The first-order valence-corrected chi connectivity index (χ1v) is 9.19. The van der Waals surface area contributed by atoms with Crippen molar-refractivity contribution in [3.05, 3.63) is 104 Å². The minimum atomic E-state index is -0.480. The van der Waals surface area contributed by atoms with E-state index in [1.165, 1.54) is 12.1 Å². The Morgan fingerprint density at radius 3 is 2.61 bits per heavy atom. The molecule has 3 rings (SSSR count). The summed E-state index contributed by atoms with van der Waals surface area (Å²) in [5.41, 5.74) is 2.46. The molecule has 0 atom stereocenters. The van der Waals surface area contributed by atoms with E-state index in [0.717, 1.165) is 10.0 Å². The van der Waals surface area contributed by atoms with Crippen LogP contribution in [0, 0.1) is 21.4 Å². The lowest BCUT2D eigenvalue weighted by molar-refractivity contribution is -0.384. The second-order valence-electron chi connectivity index (χ2n) is 5.93. The topological polar surface area (TPSA) is 76.2 Å². The number of non-ortho nitro benzene ring substituents is 1. The van der Waals surface area contributed by atoms with Crippen LogP contribution < -0.4 is 4.74 Å². The summed E-state index contributed by atoms with van der Waals surface area (Å²) in [6.45, 7) is 0.391. The summed E-state index contributed by atoms with van der Waals surface area (Å²) in [6.07, 6.45) is 1.67. The fourth-order valence-electron chi connectivity index (χ4n) is 2.62. The van der Waals surface area contributed by atoms with Gasteiger partial charge in [-0.2, -0.15) is 5.26 Å². The number of nitro benzene ring substituents is 1. The molecule has 0 N–H and O–H groups in total. The number of allylic oxidation sites excluding steroid dienone is 1. The minimum Gasteiger partial charge on any atom is -0.488 e. The van der Waals surface area contributed by atoms with Crippen molar-refractivity contribution in [1.29, 1.82) is 5.26 Å². The SMILES string of the molecule is N#C/C(=C/c1cc(Br)ccc1OCc1ccccc1)c1cccc([N+](=O)[O-])c1. The number of halogens is 1. The van der Waals surface area contributed by atoms with Crippen molar-refractivity contribution in [2.75, 3.05) is 0 Å². The fourth-order valence-corrected chi connectivity index (χ4v) is 3.00. The molecule has 3 aromatic carbocycles. The average molecular weight is 435 g/mol. The number of hydrogen-bond donors (Lipinski definition) is 0. The van der Waals surface area contributed by atoms with Gasteiger partial charge in [-0.05, 0) is 35.4 Å². The quantitative estimate of drug-likeness (QED) is 0.206. The number of hydrogen-bond acceptors (Lipinski definition) is 4. The highest BCUT2D eigenvalue weighted by Gasteiger charge is 2.11. The third-order valence-corrected chi connectivity index (χ3v) is 4.49. The Morgan fingerprint density at radius 1 is 1.11 bits per heavy atom. The molecule has 0 aliphatic carbocycles. The summed E-state index contributed by atoms with van der Waals surface area (Å²) in [5.74, 6) is 0.616. The second-order valence-corrected chi connectivity index (χ2v) is 6.85. The maximum absolute atomic E-state index is 11.0. The predicted octanol–water partition coefficient (Wildman–Crippen LogP) is 6.00. The van der Waals surface area contributed by atoms with Crippen LogP contribution in [0.4, 0.5) is 5.69 Å². The van der Waals surface area contributed by atoms with Gasteiger partial charge in [-0.25, -0.2) is 0 Å². The van der Waals surface area contributed by atoms with Crippen LogP contribution in [0.1, 0.15) is 16.7 Å². The molecule has 0 heterocycles. The van der Waals surface area contributed by atoms with E-state index < -0.39 is 4.92 Å². The Balaban J connectivity index is 1.95. The van der Waals surface area contributed by atoms with Gasteiger partial charge in [0.25, 0.3) is 5.69 Å². The maximum atomic E-state index is 11.0. The number of ether oxygens (including phenoxy) is 1. The van der Waals surface area contributed by atoms with E-state index >= 15 is 0 Å². The van der Waals surface area contributed by atoms with Crippen molar-refractivity contribution >= 4 is 33.3 Å². The van der Waals surface area contributed by atoms with Crippen LogP contribution in [0.5, 0.6) is 5.75 Å². The van der Waals surface area contributed by atoms with Gasteiger partial charge in [-0.3, -0.25) is 10.1 Å². The Bertz CT molecular complexity index is 1070. The first-order valence-electron chi connectivity index (χ1n) is 8.40. The average Bonchev–Trinajstić information content (AvgIpc) is 2.72. The summed E-state index contributed by atoms with van der Waals surface area (Å²) in [6, 6.07) is 23.4. The van der Waals surface area contributed by atoms with Gasteiger partial charge in [0.1, 0.15) is 12.4 Å². The van der Waals surface area contributed by atoms with E-state index in [1.807, 2.05) is 48.5 Å². The zero-order valence-corrected chi connectivity index (χ0v) is 16.3. The number of nitro groups is 1. The molecule has 3 aromatic rings. The van der Waals surface area contributed by atoms with Gasteiger partial charge < -0.3 is 4.74 Å². The summed E-state index contributed by atoms with van der Waals surface area (Å²) in [4.78, 5) is 10.5. The summed E-state index contributed by atoms with van der Waals surface area (Å²) in [7, 11) is 0. The monoisotopic (exact) mass is 434 g/mol. The van der Waals surface area contributed by atoms with E-state index in [0.29, 0.717) is 29.1 Å². The molecule has 0 saturated heterocycles. The molecule has 6 heteroatoms. The van der Waals surface area contributed by atoms with Gasteiger partial charge in [0.2, 0.25) is 0 Å². The smallest absolute Gasteiger partial charge is 0.270 e. The van der Waals surface area contributed by atoms with Crippen molar-refractivity contribution in [3.8, 4) is 11.8 Å². The van der Waals surface area contributed by atoms with E-state index in [-0.39, 0.29) is 5.69 Å². The van der Waals surface area contributed by atoms with Crippen molar-refractivity contribution in [1.82, 2.24) is 0 Å². The number of nitriles is 1. The van der Waals surface area contributed by atoms with Crippen molar-refractivity contribution in [3.63, 3.8) is 0 Å². The number of rotatable bonds is 6. The Hall–Kier alpha value is -3.43. The van der Waals surface area contributed by atoms with Gasteiger partial charge in [0.05, 0.1) is 16.6 Å².